The third-order valence-corrected chi connectivity index (χ3v) is 14.9. The second-order valence-corrected chi connectivity index (χ2v) is 23.0. The number of carbonyl (C=O) groups is 10. The molecule has 4 aromatic rings. The van der Waals surface area contributed by atoms with E-state index < -0.39 is 125 Å². The maximum Gasteiger partial charge on any atom is 0.326 e. The summed E-state index contributed by atoms with van der Waals surface area (Å²) in [6.45, 7) is 15.0. The Balaban J connectivity index is 1.49. The number of carboxylic acids is 1. The van der Waals surface area contributed by atoms with Crippen LogP contribution in [0.2, 0.25) is 0 Å². The average Bonchev–Trinajstić information content (AvgIpc) is 3.67. The van der Waals surface area contributed by atoms with Gasteiger partial charge in [0.1, 0.15) is 60.1 Å². The van der Waals surface area contributed by atoms with Crippen LogP contribution >= 0.6 is 11.8 Å². The van der Waals surface area contributed by atoms with Crippen molar-refractivity contribution in [1.82, 2.24) is 52.8 Å². The zero-order valence-electron chi connectivity index (χ0n) is 49.5. The molecule has 3 aromatic carbocycles. The molecule has 1 heterocycles. The van der Waals surface area contributed by atoms with Crippen LogP contribution in [-0.4, -0.2) is 147 Å². The molecule has 24 heteroatoms. The number of aromatic hydroxyl groups is 1. The number of hydrogen-bond acceptors (Lipinski definition) is 13. The smallest absolute Gasteiger partial charge is 0.326 e. The van der Waals surface area contributed by atoms with Gasteiger partial charge in [-0.15, -0.1) is 0 Å². The van der Waals surface area contributed by atoms with E-state index in [4.69, 9.17) is 5.73 Å². The lowest BCUT2D eigenvalue weighted by Gasteiger charge is -2.29. The first kappa shape index (κ1) is 68.5. The molecule has 458 valence electrons. The highest BCUT2D eigenvalue weighted by molar-refractivity contribution is 7.98. The van der Waals surface area contributed by atoms with Crippen molar-refractivity contribution < 1.29 is 58.2 Å². The standard InChI is InChI=1S/C60H85N11O12S/c1-11-34(6)50(71-54(76)43(61)27-32(2)3)59(81)67-46(28-38-17-13-12-14-18-38)56(78)65-37(9)53(75)70-49(33(4)5)58(80)68-47(30-40-31-62-44-20-16-15-19-42(40)44)57(79)64-35(7)51(73)66-45(25-26-84-10)55(77)63-36(8)52(74)69-48(60(82)83)29-39-21-23-41(72)24-22-39/h12-24,31-37,43,45-50,62,72H,11,25-30,61H2,1-10H3,(H,63,77)(H,64,79)(H,65,78)(H,66,73)(H,67,81)(H,68,80)(H,69,74)(H,70,75)(H,71,76)(H,82,83)/t34-,35-,36-,37-,43-,45-,46-,47-,48-,49-,50-/m0/s1. The molecule has 0 bridgehead atoms. The molecule has 1 aromatic heterocycles. The van der Waals surface area contributed by atoms with Crippen LogP contribution in [0.4, 0.5) is 0 Å². The van der Waals surface area contributed by atoms with Crippen LogP contribution in [-0.2, 0) is 67.2 Å². The number of para-hydroxylation sites is 1. The van der Waals surface area contributed by atoms with E-state index in [1.54, 1.807) is 69.6 Å². The van der Waals surface area contributed by atoms with Gasteiger partial charge >= 0.3 is 5.97 Å². The first-order valence-electron chi connectivity index (χ1n) is 28.3. The Hall–Kier alpha value is -7.99. The summed E-state index contributed by atoms with van der Waals surface area (Å²) < 4.78 is 0. The van der Waals surface area contributed by atoms with Crippen molar-refractivity contribution in [2.24, 2.45) is 23.5 Å². The molecule has 14 N–H and O–H groups in total. The number of aromatic amines is 1. The summed E-state index contributed by atoms with van der Waals surface area (Å²) in [6.07, 6.45) is 4.32. The molecule has 0 aliphatic heterocycles. The van der Waals surface area contributed by atoms with Crippen LogP contribution in [0.5, 0.6) is 5.75 Å². The summed E-state index contributed by atoms with van der Waals surface area (Å²) in [5.41, 5.74) is 8.77. The molecule has 0 aliphatic rings. The molecule has 0 radical (unpaired) electrons. The zero-order valence-corrected chi connectivity index (χ0v) is 50.3. The number of aliphatic carboxylic acids is 1. The molecule has 23 nitrogen and oxygen atoms in total. The van der Waals surface area contributed by atoms with E-state index in [9.17, 15) is 58.2 Å². The summed E-state index contributed by atoms with van der Waals surface area (Å²) in [5, 5.41) is 44.2. The number of thioether (sulfide) groups is 1. The van der Waals surface area contributed by atoms with Gasteiger partial charge in [-0.25, -0.2) is 4.79 Å². The number of benzene rings is 3. The minimum atomic E-state index is -1.37. The Morgan fingerprint density at radius 1 is 0.524 bits per heavy atom. The maximum atomic E-state index is 14.4. The van der Waals surface area contributed by atoms with Crippen LogP contribution < -0.4 is 53.6 Å². The van der Waals surface area contributed by atoms with Crippen LogP contribution in [0, 0.1) is 17.8 Å². The number of amides is 9. The highest BCUT2D eigenvalue weighted by atomic mass is 32.2. The lowest BCUT2D eigenvalue weighted by molar-refractivity contribution is -0.142. The second-order valence-electron chi connectivity index (χ2n) is 22.0. The monoisotopic (exact) mass is 1180 g/mol. The van der Waals surface area contributed by atoms with Crippen molar-refractivity contribution in [3.63, 3.8) is 0 Å². The molecule has 0 fully saturated rings. The van der Waals surface area contributed by atoms with E-state index >= 15 is 0 Å². The molecule has 4 rings (SSSR count). The van der Waals surface area contributed by atoms with Crippen molar-refractivity contribution in [3.8, 4) is 5.75 Å². The van der Waals surface area contributed by atoms with Crippen LogP contribution in [0.1, 0.15) is 98.3 Å². The zero-order chi connectivity index (χ0) is 62.4. The van der Waals surface area contributed by atoms with Gasteiger partial charge in [0.25, 0.3) is 0 Å². The number of rotatable bonds is 33. The van der Waals surface area contributed by atoms with E-state index in [-0.39, 0.29) is 43.3 Å². The van der Waals surface area contributed by atoms with Gasteiger partial charge < -0.3 is 68.8 Å². The van der Waals surface area contributed by atoms with Crippen molar-refractivity contribution in [2.45, 2.75) is 161 Å². The first-order valence-corrected chi connectivity index (χ1v) is 29.7. The third-order valence-electron chi connectivity index (χ3n) is 14.2. The minimum Gasteiger partial charge on any atom is -0.508 e. The predicted molar refractivity (Wildman–Crippen MR) is 321 cm³/mol. The molecule has 0 saturated heterocycles. The number of H-pyrrole nitrogens is 1. The summed E-state index contributed by atoms with van der Waals surface area (Å²) in [7, 11) is 0. The fourth-order valence-corrected chi connectivity index (χ4v) is 9.48. The molecule has 0 spiro atoms. The van der Waals surface area contributed by atoms with Crippen molar-refractivity contribution in [1.29, 1.82) is 0 Å². The molecule has 0 aliphatic carbocycles. The molecule has 9 amide bonds. The minimum absolute atomic E-state index is 0.0187. The van der Waals surface area contributed by atoms with Crippen LogP contribution in [0.15, 0.2) is 85.1 Å². The Morgan fingerprint density at radius 3 is 1.52 bits per heavy atom. The molecular weight excluding hydrogens is 1100 g/mol. The number of aromatic nitrogens is 1. The van der Waals surface area contributed by atoms with Gasteiger partial charge in [-0.2, -0.15) is 11.8 Å². The maximum absolute atomic E-state index is 14.4. The quantitative estimate of drug-likeness (QED) is 0.0326. The van der Waals surface area contributed by atoms with Gasteiger partial charge in [-0.1, -0.05) is 109 Å². The van der Waals surface area contributed by atoms with E-state index in [1.165, 1.54) is 56.8 Å². The second kappa shape index (κ2) is 33.3. The predicted octanol–water partition coefficient (Wildman–Crippen LogP) is 2.24. The third kappa shape index (κ3) is 21.3. The SMILES string of the molecule is CC[C@H](C)[C@H](NC(=O)[C@@H](N)CC(C)C)C(=O)N[C@@H](Cc1ccccc1)C(=O)N[C@@H](C)C(=O)N[C@H](C(=O)N[C@@H](Cc1c[nH]c2ccccc12)C(=O)N[C@@H](C)C(=O)N[C@@H](CCSC)C(=O)N[C@@H](C)C(=O)N[C@@H](Cc1ccc(O)cc1)C(=O)O)C(C)C. The van der Waals surface area contributed by atoms with Gasteiger partial charge in [-0.3, -0.25) is 43.2 Å². The van der Waals surface area contributed by atoms with Crippen molar-refractivity contribution in [3.05, 3.63) is 102 Å². The van der Waals surface area contributed by atoms with Crippen LogP contribution in [0.3, 0.4) is 0 Å². The van der Waals surface area contributed by atoms with Gasteiger partial charge in [-0.05, 0) is 98.3 Å². The molecule has 0 saturated carbocycles. The van der Waals surface area contributed by atoms with Gasteiger partial charge in [0.15, 0.2) is 0 Å². The molecule has 84 heavy (non-hydrogen) atoms. The van der Waals surface area contributed by atoms with Crippen molar-refractivity contribution in [2.75, 3.05) is 12.0 Å². The number of nitrogens with one attached hydrogen (secondary N) is 10. The highest BCUT2D eigenvalue weighted by Crippen LogP contribution is 2.20. The fourth-order valence-electron chi connectivity index (χ4n) is 9.01. The molecule has 0 unspecified atom stereocenters. The van der Waals surface area contributed by atoms with Gasteiger partial charge in [0.2, 0.25) is 53.2 Å². The number of nitrogens with two attached hydrogens (primary N) is 1. The van der Waals surface area contributed by atoms with E-state index in [0.717, 1.165) is 10.9 Å². The van der Waals surface area contributed by atoms with Gasteiger partial charge in [0, 0.05) is 36.4 Å². The molecular formula is C60H85N11O12S. The number of phenols is 1. The number of hydrogen-bond donors (Lipinski definition) is 13. The van der Waals surface area contributed by atoms with Crippen molar-refractivity contribution >= 4 is 81.8 Å². The summed E-state index contributed by atoms with van der Waals surface area (Å²) in [4.78, 5) is 140. The number of phenolic OH excluding ortho intramolecular Hbond substituents is 1. The Bertz CT molecular complexity index is 2890. The normalized spacial score (nSPS) is 15.2. The van der Waals surface area contributed by atoms with E-state index in [1.807, 2.05) is 39.0 Å². The lowest BCUT2D eigenvalue weighted by Crippen LogP contribution is -2.61. The Kier molecular flexibility index (Phi) is 27.2. The average molecular weight is 1180 g/mol. The number of carbonyl (C=O) groups excluding carboxylic acids is 9. The Morgan fingerprint density at radius 2 is 0.988 bits per heavy atom. The summed E-state index contributed by atoms with van der Waals surface area (Å²) in [6, 6.07) is 9.87. The highest BCUT2D eigenvalue weighted by Gasteiger charge is 2.36. The number of carboxylic acid groups (broad SMARTS) is 1. The van der Waals surface area contributed by atoms with Crippen LogP contribution in [0.25, 0.3) is 10.9 Å². The fraction of sp³-hybridized carbons (Fsp3) is 0.500. The summed E-state index contributed by atoms with van der Waals surface area (Å²) in [5.74, 6) is -8.25. The molecule has 11 atom stereocenters. The van der Waals surface area contributed by atoms with Gasteiger partial charge in [0.05, 0.1) is 6.04 Å². The lowest BCUT2D eigenvalue weighted by atomic mass is 9.96. The topological polar surface area (TPSA) is 361 Å². The van der Waals surface area contributed by atoms with E-state index in [2.05, 4.69) is 52.8 Å². The Labute approximate surface area is 495 Å². The first-order chi connectivity index (χ1) is 39.7. The summed E-state index contributed by atoms with van der Waals surface area (Å²) >= 11 is 1.39. The largest absolute Gasteiger partial charge is 0.508 e. The van der Waals surface area contributed by atoms with E-state index in [0.29, 0.717) is 35.3 Å². The number of fused-ring (bicyclic) bond motifs is 1.